The first kappa shape index (κ1) is 12.8. The predicted octanol–water partition coefficient (Wildman–Crippen LogP) is 3.70. The molecule has 0 unspecified atom stereocenters. The number of benzene rings is 1. The Morgan fingerprint density at radius 1 is 1.06 bits per heavy atom. The van der Waals surface area contributed by atoms with Crippen LogP contribution in [0, 0.1) is 6.92 Å². The Balaban J connectivity index is 2.28. The first-order chi connectivity index (χ1) is 8.68. The van der Waals surface area contributed by atoms with Crippen molar-refractivity contribution in [3.63, 3.8) is 0 Å². The van der Waals surface area contributed by atoms with Crippen molar-refractivity contribution in [3.8, 4) is 5.75 Å². The minimum Gasteiger partial charge on any atom is -0.484 e. The summed E-state index contributed by atoms with van der Waals surface area (Å²) in [6, 6.07) is 15.2. The van der Waals surface area contributed by atoms with Crippen LogP contribution < -0.4 is 10.2 Å². The van der Waals surface area contributed by atoms with Crippen LogP contribution in [0.25, 0.3) is 0 Å². The molecule has 2 aromatic carbocycles. The lowest BCUT2D eigenvalue weighted by molar-refractivity contribution is 0.301. The van der Waals surface area contributed by atoms with E-state index in [1.165, 1.54) is 0 Å². The SMILES string of the molecule is Cc1cccc(Br)c(=O)c1OCc1ccccc1. The largest absolute Gasteiger partial charge is 0.484 e. The van der Waals surface area contributed by atoms with Gasteiger partial charge in [-0.3, -0.25) is 4.79 Å². The molecule has 18 heavy (non-hydrogen) atoms. The molecule has 0 atom stereocenters. The van der Waals surface area contributed by atoms with Gasteiger partial charge in [-0.25, -0.2) is 0 Å². The quantitative estimate of drug-likeness (QED) is 0.864. The number of halogens is 1. The van der Waals surface area contributed by atoms with Crippen molar-refractivity contribution < 1.29 is 4.74 Å². The summed E-state index contributed by atoms with van der Waals surface area (Å²) < 4.78 is 6.16. The summed E-state index contributed by atoms with van der Waals surface area (Å²) in [4.78, 5) is 12.0. The molecule has 0 saturated heterocycles. The van der Waals surface area contributed by atoms with E-state index in [0.717, 1.165) is 11.1 Å². The van der Waals surface area contributed by atoms with Crippen molar-refractivity contribution in [1.29, 1.82) is 0 Å². The van der Waals surface area contributed by atoms with Crippen molar-refractivity contribution >= 4 is 15.9 Å². The maximum atomic E-state index is 12.0. The molecule has 92 valence electrons. The minimum absolute atomic E-state index is 0.117. The Labute approximate surface area is 114 Å². The third-order valence-electron chi connectivity index (χ3n) is 2.60. The van der Waals surface area contributed by atoms with Crippen LogP contribution in [-0.2, 0) is 6.61 Å². The molecular formula is C15H13BrO2. The van der Waals surface area contributed by atoms with Gasteiger partial charge in [-0.2, -0.15) is 0 Å². The van der Waals surface area contributed by atoms with E-state index in [1.807, 2.05) is 49.4 Å². The Kier molecular flexibility index (Phi) is 4.15. The highest BCUT2D eigenvalue weighted by atomic mass is 79.9. The molecule has 0 radical (unpaired) electrons. The molecule has 0 aromatic heterocycles. The van der Waals surface area contributed by atoms with Crippen molar-refractivity contribution in [1.82, 2.24) is 0 Å². The summed E-state index contributed by atoms with van der Waals surface area (Å²) in [7, 11) is 0. The molecule has 0 saturated carbocycles. The first-order valence-electron chi connectivity index (χ1n) is 5.64. The molecule has 2 rings (SSSR count). The van der Waals surface area contributed by atoms with Crippen molar-refractivity contribution in [3.05, 3.63) is 74.4 Å². The van der Waals surface area contributed by atoms with E-state index in [0.29, 0.717) is 16.8 Å². The van der Waals surface area contributed by atoms with Crippen LogP contribution >= 0.6 is 15.9 Å². The molecule has 0 aliphatic heterocycles. The van der Waals surface area contributed by atoms with E-state index in [2.05, 4.69) is 15.9 Å². The highest BCUT2D eigenvalue weighted by molar-refractivity contribution is 9.10. The summed E-state index contributed by atoms with van der Waals surface area (Å²) in [5.74, 6) is 0.399. The first-order valence-corrected chi connectivity index (χ1v) is 6.44. The summed E-state index contributed by atoms with van der Waals surface area (Å²) in [6.45, 7) is 2.27. The highest BCUT2D eigenvalue weighted by Crippen LogP contribution is 2.15. The van der Waals surface area contributed by atoms with Gasteiger partial charge in [-0.1, -0.05) is 42.5 Å². The molecule has 0 spiro atoms. The van der Waals surface area contributed by atoms with Gasteiger partial charge in [0.2, 0.25) is 5.43 Å². The topological polar surface area (TPSA) is 26.3 Å². The molecule has 0 aliphatic rings. The molecule has 0 bridgehead atoms. The number of aryl methyl sites for hydroxylation is 1. The number of rotatable bonds is 3. The Bertz CT molecular complexity index is 594. The minimum atomic E-state index is -0.117. The number of hydrogen-bond acceptors (Lipinski definition) is 2. The van der Waals surface area contributed by atoms with E-state index in [-0.39, 0.29) is 5.43 Å². The highest BCUT2D eigenvalue weighted by Gasteiger charge is 2.06. The number of ether oxygens (including phenoxy) is 1. The van der Waals surface area contributed by atoms with Crippen LogP contribution in [0.3, 0.4) is 0 Å². The molecule has 0 aliphatic carbocycles. The smallest absolute Gasteiger partial charge is 0.234 e. The van der Waals surface area contributed by atoms with Crippen LogP contribution in [0.2, 0.25) is 0 Å². The van der Waals surface area contributed by atoms with Gasteiger partial charge in [0.05, 0.1) is 4.47 Å². The van der Waals surface area contributed by atoms with Gasteiger partial charge in [-0.05, 0) is 40.0 Å². The molecule has 0 N–H and O–H groups in total. The van der Waals surface area contributed by atoms with E-state index >= 15 is 0 Å². The second-order valence-corrected chi connectivity index (χ2v) is 4.84. The van der Waals surface area contributed by atoms with E-state index in [4.69, 9.17) is 4.74 Å². The molecule has 3 heteroatoms. The van der Waals surface area contributed by atoms with Crippen LogP contribution in [0.15, 0.2) is 57.8 Å². The number of hydrogen-bond donors (Lipinski definition) is 0. The maximum absolute atomic E-state index is 12.0. The van der Waals surface area contributed by atoms with E-state index < -0.39 is 0 Å². The summed E-state index contributed by atoms with van der Waals surface area (Å²) in [6.07, 6.45) is 0. The van der Waals surface area contributed by atoms with Crippen molar-refractivity contribution in [2.24, 2.45) is 0 Å². The molecular weight excluding hydrogens is 292 g/mol. The normalized spacial score (nSPS) is 10.1. The monoisotopic (exact) mass is 304 g/mol. The average Bonchev–Trinajstić information content (AvgIpc) is 2.50. The van der Waals surface area contributed by atoms with Gasteiger partial charge >= 0.3 is 0 Å². The zero-order valence-corrected chi connectivity index (χ0v) is 11.6. The zero-order valence-electron chi connectivity index (χ0n) is 10.0. The molecule has 0 heterocycles. The van der Waals surface area contributed by atoms with Crippen LogP contribution in [0.1, 0.15) is 11.1 Å². The van der Waals surface area contributed by atoms with Gasteiger partial charge in [0, 0.05) is 0 Å². The molecule has 0 amide bonds. The second-order valence-electron chi connectivity index (χ2n) is 3.99. The van der Waals surface area contributed by atoms with Crippen molar-refractivity contribution in [2.45, 2.75) is 13.5 Å². The third-order valence-corrected chi connectivity index (χ3v) is 3.22. The fraction of sp³-hybridized carbons (Fsp3) is 0.133. The van der Waals surface area contributed by atoms with Gasteiger partial charge in [-0.15, -0.1) is 0 Å². The lowest BCUT2D eigenvalue weighted by Crippen LogP contribution is -2.07. The molecule has 2 aromatic rings. The Morgan fingerprint density at radius 3 is 2.50 bits per heavy atom. The third kappa shape index (κ3) is 2.99. The van der Waals surface area contributed by atoms with E-state index in [1.54, 1.807) is 6.07 Å². The second kappa shape index (κ2) is 5.83. The fourth-order valence-electron chi connectivity index (χ4n) is 1.62. The van der Waals surface area contributed by atoms with Gasteiger partial charge < -0.3 is 4.74 Å². The predicted molar refractivity (Wildman–Crippen MR) is 75.9 cm³/mol. The molecule has 2 nitrogen and oxygen atoms in total. The van der Waals surface area contributed by atoms with Crippen LogP contribution in [-0.4, -0.2) is 0 Å². The summed E-state index contributed by atoms with van der Waals surface area (Å²) >= 11 is 3.24. The Morgan fingerprint density at radius 2 is 1.78 bits per heavy atom. The average molecular weight is 305 g/mol. The lowest BCUT2D eigenvalue weighted by atomic mass is 10.2. The molecule has 0 fully saturated rings. The zero-order chi connectivity index (χ0) is 13.0. The van der Waals surface area contributed by atoms with Crippen LogP contribution in [0.5, 0.6) is 5.75 Å². The fourth-order valence-corrected chi connectivity index (χ4v) is 1.96. The summed E-state index contributed by atoms with van der Waals surface area (Å²) in [5.41, 5.74) is 1.76. The van der Waals surface area contributed by atoms with Gasteiger partial charge in [0.25, 0.3) is 0 Å². The maximum Gasteiger partial charge on any atom is 0.234 e. The van der Waals surface area contributed by atoms with Gasteiger partial charge in [0.1, 0.15) is 6.61 Å². The van der Waals surface area contributed by atoms with Crippen LogP contribution in [0.4, 0.5) is 0 Å². The Hall–Kier alpha value is -1.61. The van der Waals surface area contributed by atoms with Gasteiger partial charge in [0.15, 0.2) is 5.75 Å². The standard InChI is InChI=1S/C15H13BrO2/c1-11-6-5-9-13(16)14(17)15(11)18-10-12-7-3-2-4-8-12/h2-9H,10H2,1H3. The summed E-state index contributed by atoms with van der Waals surface area (Å²) in [5, 5.41) is 0. The van der Waals surface area contributed by atoms with Crippen molar-refractivity contribution in [2.75, 3.05) is 0 Å². The van der Waals surface area contributed by atoms with E-state index in [9.17, 15) is 4.79 Å². The lowest BCUT2D eigenvalue weighted by Gasteiger charge is -2.06.